The number of nitrogens with zero attached hydrogens (tertiary/aromatic N) is 6. The van der Waals surface area contributed by atoms with Crippen molar-refractivity contribution < 1.29 is 45.2 Å². The molecule has 2 aliphatic carbocycles. The van der Waals surface area contributed by atoms with E-state index in [1.807, 2.05) is 49.5 Å². The first-order chi connectivity index (χ1) is 34.3. The molecule has 7 rings (SSSR count). The highest BCUT2D eigenvalue weighted by Gasteiger charge is 2.36. The largest absolute Gasteiger partial charge is 0.440 e. The molecule has 2 saturated carbocycles. The molecule has 2 N–H and O–H groups in total. The minimum absolute atomic E-state index is 0.0426. The van der Waals surface area contributed by atoms with Crippen LogP contribution >= 0.6 is 12.1 Å². The molecule has 20 heteroatoms. The van der Waals surface area contributed by atoms with Crippen LogP contribution < -0.4 is 14.3 Å². The number of aromatic nitrogens is 2. The maximum Gasteiger partial charge on any atom is 0.410 e. The van der Waals surface area contributed by atoms with Gasteiger partial charge in [-0.2, -0.15) is 5.10 Å². The Bertz CT molecular complexity index is 2010. The number of carbonyl (C=O) groups is 1. The molecule has 13 nitrogen and oxygen atoms in total. The average Bonchev–Trinajstić information content (AvgIpc) is 3.38. The third kappa shape index (κ3) is 19.1. The van der Waals surface area contributed by atoms with Crippen LogP contribution in [0.5, 0.6) is 0 Å². The molecule has 2 saturated heterocycles. The molecule has 3 aromatic rings. The SMILES string of the molecule is CC.CC(OC(=O)N1CCC(NS(=O)N(C)C)C(COC2CCC(c3cccc(F)c3)CC2)C1)C(F)F.CN(CCF)SN[C@H]1CCN(c2cccnn2)C[C@H]1COC1CCC(c2cccc(F)c2)CC1. The Morgan fingerprint density at radius 3 is 1.87 bits per heavy atom. The first-order valence-corrected chi connectivity index (χ1v) is 27.2. The van der Waals surface area contributed by atoms with E-state index in [0.717, 1.165) is 94.7 Å². The third-order valence-corrected chi connectivity index (χ3v) is 15.7. The molecule has 71 heavy (non-hydrogen) atoms. The topological polar surface area (TPSA) is 125 Å². The molecule has 0 radical (unpaired) electrons. The van der Waals surface area contributed by atoms with E-state index >= 15 is 0 Å². The van der Waals surface area contributed by atoms with Crippen LogP contribution in [0.15, 0.2) is 66.9 Å². The van der Waals surface area contributed by atoms with Gasteiger partial charge in [0.1, 0.15) is 18.3 Å². The second-order valence-electron chi connectivity index (χ2n) is 18.9. The van der Waals surface area contributed by atoms with Crippen LogP contribution in [0.25, 0.3) is 0 Å². The van der Waals surface area contributed by atoms with Crippen LogP contribution in [0.4, 0.5) is 32.6 Å². The number of likely N-dealkylation sites (tertiary alicyclic amines) is 1. The first-order valence-electron chi connectivity index (χ1n) is 25.3. The summed E-state index contributed by atoms with van der Waals surface area (Å²) in [6, 6.07) is 17.8. The quantitative estimate of drug-likeness (QED) is 0.0882. The normalized spacial score (nSPS) is 25.7. The molecule has 0 bridgehead atoms. The first kappa shape index (κ1) is 58.4. The second kappa shape index (κ2) is 30.6. The number of anilines is 1. The van der Waals surface area contributed by atoms with Crippen molar-refractivity contribution >= 4 is 35.2 Å². The van der Waals surface area contributed by atoms with Crippen molar-refractivity contribution in [2.75, 3.05) is 78.7 Å². The number of piperidine rings is 2. The molecular weight excluding hydrogens is 964 g/mol. The predicted molar refractivity (Wildman–Crippen MR) is 272 cm³/mol. The Balaban J connectivity index is 0.000000255. The van der Waals surface area contributed by atoms with Crippen LogP contribution in [-0.4, -0.2) is 145 Å². The lowest BCUT2D eigenvalue weighted by Crippen LogP contribution is -2.54. The highest BCUT2D eigenvalue weighted by molar-refractivity contribution is 7.95. The van der Waals surface area contributed by atoms with Crippen LogP contribution in [-0.2, 0) is 25.4 Å². The summed E-state index contributed by atoms with van der Waals surface area (Å²) in [4.78, 5) is 16.1. The summed E-state index contributed by atoms with van der Waals surface area (Å²) >= 11 is 0.0792. The molecule has 6 atom stereocenters. The standard InChI is InChI=1S/C25H35F2N5OS.C24H36F3N3O4S.C2H6/c1-31(15-12-26)34-30-24-11-14-32(25-6-3-13-28-29-25)17-21(24)18-33-23-9-7-19(8-10-23)20-4-2-5-22(27)16-20;1-16(23(26)27)34-24(31)30-12-11-22(28-35(32)29(2)3)19(14-30)15-33-21-9-7-17(8-10-21)18-5-4-6-20(25)13-18;1-2/h2-6,13,16,19,21,23-24,30H,7-12,14-15,17-18H2,1H3;4-6,13,16-17,19,21-23,28H,7-12,14-15H2,1-3H3;1-2H3/t19?,21-,23?,24-;;/m0../s1. The fourth-order valence-electron chi connectivity index (χ4n) is 9.56. The number of hydrogen-bond acceptors (Lipinski definition) is 11. The summed E-state index contributed by atoms with van der Waals surface area (Å²) in [6.45, 7) is 8.50. The van der Waals surface area contributed by atoms with Gasteiger partial charge in [-0.1, -0.05) is 38.1 Å². The third-order valence-electron chi connectivity index (χ3n) is 13.7. The van der Waals surface area contributed by atoms with Crippen molar-refractivity contribution in [3.8, 4) is 0 Å². The van der Waals surface area contributed by atoms with E-state index in [1.54, 1.807) is 48.9 Å². The predicted octanol–water partition coefficient (Wildman–Crippen LogP) is 9.71. The van der Waals surface area contributed by atoms with E-state index in [1.165, 1.54) is 29.2 Å². The number of halogens is 5. The van der Waals surface area contributed by atoms with E-state index in [0.29, 0.717) is 44.6 Å². The van der Waals surface area contributed by atoms with Gasteiger partial charge >= 0.3 is 6.09 Å². The van der Waals surface area contributed by atoms with Crippen molar-refractivity contribution in [2.45, 2.75) is 134 Å². The molecule has 4 aliphatic rings. The maximum absolute atomic E-state index is 13.6. The van der Waals surface area contributed by atoms with Crippen molar-refractivity contribution in [3.05, 3.63) is 89.6 Å². The number of hydrogen-bond donors (Lipinski definition) is 2. The van der Waals surface area contributed by atoms with Gasteiger partial charge in [0.15, 0.2) is 23.1 Å². The molecule has 1 amide bonds. The molecule has 4 unspecified atom stereocenters. The lowest BCUT2D eigenvalue weighted by atomic mass is 9.82. The molecule has 2 aliphatic heterocycles. The highest BCUT2D eigenvalue weighted by atomic mass is 32.2. The monoisotopic (exact) mass is 1040 g/mol. The van der Waals surface area contributed by atoms with Gasteiger partial charge in [-0.15, -0.1) is 5.10 Å². The fraction of sp³-hybridized carbons (Fsp3) is 0.667. The number of benzene rings is 2. The Morgan fingerprint density at radius 2 is 1.37 bits per heavy atom. The van der Waals surface area contributed by atoms with Crippen LogP contribution in [0.2, 0.25) is 0 Å². The van der Waals surface area contributed by atoms with Gasteiger partial charge in [-0.05, 0) is 138 Å². The molecule has 4 fully saturated rings. The van der Waals surface area contributed by atoms with Crippen molar-refractivity contribution in [2.24, 2.45) is 11.8 Å². The van der Waals surface area contributed by atoms with Crippen molar-refractivity contribution in [1.29, 1.82) is 0 Å². The Kier molecular flexibility index (Phi) is 25.2. The van der Waals surface area contributed by atoms with Gasteiger partial charge in [-0.3, -0.25) is 0 Å². The summed E-state index contributed by atoms with van der Waals surface area (Å²) in [7, 11) is 5.29. The summed E-state index contributed by atoms with van der Waals surface area (Å²) < 4.78 is 105. The molecule has 0 spiro atoms. The number of nitrogens with one attached hydrogen (secondary N) is 2. The molecule has 2 aromatic carbocycles. The number of ether oxygens (including phenoxy) is 3. The fourth-order valence-corrected chi connectivity index (χ4v) is 11.1. The number of alkyl halides is 3. The maximum atomic E-state index is 13.6. The van der Waals surface area contributed by atoms with Crippen molar-refractivity contribution in [1.82, 2.24) is 33.2 Å². The van der Waals surface area contributed by atoms with Gasteiger partial charge < -0.3 is 24.0 Å². The van der Waals surface area contributed by atoms with E-state index in [4.69, 9.17) is 14.2 Å². The average molecular weight is 1040 g/mol. The van der Waals surface area contributed by atoms with E-state index < -0.39 is 29.8 Å². The van der Waals surface area contributed by atoms with E-state index in [2.05, 4.69) is 24.5 Å². The van der Waals surface area contributed by atoms with Crippen molar-refractivity contribution in [3.63, 3.8) is 0 Å². The molecule has 398 valence electrons. The van der Waals surface area contributed by atoms with Crippen LogP contribution in [0.3, 0.4) is 0 Å². The summed E-state index contributed by atoms with van der Waals surface area (Å²) in [5.74, 6) is 1.33. The zero-order chi connectivity index (χ0) is 51.3. The Hall–Kier alpha value is -3.50. The zero-order valence-corrected chi connectivity index (χ0v) is 43.9. The number of amides is 1. The van der Waals surface area contributed by atoms with E-state index in [9.17, 15) is 31.0 Å². The number of carbonyl (C=O) groups excluding carboxylic acids is 1. The van der Waals surface area contributed by atoms with Gasteiger partial charge in [0.05, 0.1) is 25.4 Å². The molecule has 3 heterocycles. The zero-order valence-electron chi connectivity index (χ0n) is 42.3. The molecule has 1 aromatic heterocycles. The lowest BCUT2D eigenvalue weighted by molar-refractivity contribution is -0.0367. The number of rotatable bonds is 19. The second-order valence-corrected chi connectivity index (χ2v) is 21.4. The minimum Gasteiger partial charge on any atom is -0.440 e. The van der Waals surface area contributed by atoms with Crippen LogP contribution in [0.1, 0.15) is 108 Å². The molecular formula is C51H77F5N8O5S2. The minimum atomic E-state index is -2.75. The van der Waals surface area contributed by atoms with Gasteiger partial charge in [0.2, 0.25) is 0 Å². The Labute approximate surface area is 425 Å². The summed E-state index contributed by atoms with van der Waals surface area (Å²) in [5, 5.41) is 8.32. The lowest BCUT2D eigenvalue weighted by Gasteiger charge is -2.40. The van der Waals surface area contributed by atoms with Gasteiger partial charge in [0, 0.05) is 89.1 Å². The van der Waals surface area contributed by atoms with E-state index in [-0.39, 0.29) is 61.0 Å². The summed E-state index contributed by atoms with van der Waals surface area (Å²) in [5.41, 5.74) is 2.11. The smallest absolute Gasteiger partial charge is 0.410 e. The highest BCUT2D eigenvalue weighted by Crippen LogP contribution is 2.36. The summed E-state index contributed by atoms with van der Waals surface area (Å²) in [6.07, 6.45) is 5.93. The van der Waals surface area contributed by atoms with Crippen LogP contribution in [0, 0.1) is 23.5 Å². The van der Waals surface area contributed by atoms with Gasteiger partial charge in [-0.25, -0.2) is 49.0 Å². The van der Waals surface area contributed by atoms with Gasteiger partial charge in [0.25, 0.3) is 6.43 Å². The Morgan fingerprint density at radius 1 is 0.803 bits per heavy atom.